The Labute approximate surface area is 103 Å². The Kier molecular flexibility index (Phi) is 2.92. The highest BCUT2D eigenvalue weighted by Crippen LogP contribution is 2.45. The minimum atomic E-state index is -0.262. The molecule has 0 radical (unpaired) electrons. The highest BCUT2D eigenvalue weighted by Gasteiger charge is 2.38. The van der Waals surface area contributed by atoms with E-state index in [1.807, 2.05) is 12.1 Å². The molecule has 0 amide bonds. The standard InChI is InChI=1S/C15H21FO/c1-14(2,3)11-5-6-12(16)13(9-11)17-10-15(4)7-8-15/h5-6,9H,7-8,10H2,1-4H3. The molecule has 0 aliphatic heterocycles. The van der Waals surface area contributed by atoms with Crippen molar-refractivity contribution >= 4 is 0 Å². The molecular weight excluding hydrogens is 215 g/mol. The lowest BCUT2D eigenvalue weighted by Gasteiger charge is -2.20. The van der Waals surface area contributed by atoms with Gasteiger partial charge in [0.05, 0.1) is 6.61 Å². The number of halogens is 1. The summed E-state index contributed by atoms with van der Waals surface area (Å²) in [6.07, 6.45) is 2.38. The molecule has 0 spiro atoms. The summed E-state index contributed by atoms with van der Waals surface area (Å²) < 4.78 is 19.3. The quantitative estimate of drug-likeness (QED) is 0.760. The van der Waals surface area contributed by atoms with Crippen molar-refractivity contribution in [3.63, 3.8) is 0 Å². The first-order chi connectivity index (χ1) is 7.80. The molecule has 0 aromatic heterocycles. The van der Waals surface area contributed by atoms with Crippen LogP contribution in [0.1, 0.15) is 46.1 Å². The first kappa shape index (κ1) is 12.4. The highest BCUT2D eigenvalue weighted by atomic mass is 19.1. The van der Waals surface area contributed by atoms with Crippen molar-refractivity contribution in [2.24, 2.45) is 5.41 Å². The summed E-state index contributed by atoms with van der Waals surface area (Å²) >= 11 is 0. The fourth-order valence-electron chi connectivity index (χ4n) is 1.69. The third-order valence-corrected chi connectivity index (χ3v) is 3.48. The van der Waals surface area contributed by atoms with Crippen LogP contribution in [0.25, 0.3) is 0 Å². The predicted molar refractivity (Wildman–Crippen MR) is 67.9 cm³/mol. The maximum atomic E-state index is 13.6. The molecule has 1 fully saturated rings. The van der Waals surface area contributed by atoms with Crippen molar-refractivity contribution in [3.8, 4) is 5.75 Å². The molecule has 1 aliphatic carbocycles. The zero-order valence-corrected chi connectivity index (χ0v) is 11.1. The first-order valence-corrected chi connectivity index (χ1v) is 6.23. The average Bonchev–Trinajstić information content (AvgIpc) is 2.94. The normalized spacial score (nSPS) is 17.9. The van der Waals surface area contributed by atoms with E-state index in [1.54, 1.807) is 0 Å². The number of rotatable bonds is 3. The monoisotopic (exact) mass is 236 g/mol. The minimum Gasteiger partial charge on any atom is -0.490 e. The Balaban J connectivity index is 2.14. The van der Waals surface area contributed by atoms with E-state index in [9.17, 15) is 4.39 Å². The van der Waals surface area contributed by atoms with Gasteiger partial charge in [-0.1, -0.05) is 33.8 Å². The smallest absolute Gasteiger partial charge is 0.165 e. The van der Waals surface area contributed by atoms with Crippen LogP contribution in [0.4, 0.5) is 4.39 Å². The molecule has 1 aromatic carbocycles. The molecule has 2 rings (SSSR count). The van der Waals surface area contributed by atoms with Gasteiger partial charge in [0.2, 0.25) is 0 Å². The molecule has 94 valence electrons. The van der Waals surface area contributed by atoms with Crippen molar-refractivity contribution < 1.29 is 9.13 Å². The van der Waals surface area contributed by atoms with Gasteiger partial charge in [0.15, 0.2) is 11.6 Å². The van der Waals surface area contributed by atoms with Crippen LogP contribution < -0.4 is 4.74 Å². The van der Waals surface area contributed by atoms with Crippen LogP contribution in [-0.2, 0) is 5.41 Å². The van der Waals surface area contributed by atoms with Crippen molar-refractivity contribution in [2.75, 3.05) is 6.61 Å². The van der Waals surface area contributed by atoms with Gasteiger partial charge < -0.3 is 4.74 Å². The average molecular weight is 236 g/mol. The fourth-order valence-corrected chi connectivity index (χ4v) is 1.69. The van der Waals surface area contributed by atoms with Gasteiger partial charge in [-0.15, -0.1) is 0 Å². The summed E-state index contributed by atoms with van der Waals surface area (Å²) in [7, 11) is 0. The summed E-state index contributed by atoms with van der Waals surface area (Å²) in [5, 5.41) is 0. The van der Waals surface area contributed by atoms with Gasteiger partial charge in [0.25, 0.3) is 0 Å². The second-order valence-corrected chi connectivity index (χ2v) is 6.49. The van der Waals surface area contributed by atoms with Gasteiger partial charge in [-0.2, -0.15) is 0 Å². The molecule has 0 saturated heterocycles. The van der Waals surface area contributed by atoms with Crippen molar-refractivity contribution in [1.29, 1.82) is 0 Å². The lowest BCUT2D eigenvalue weighted by atomic mass is 9.87. The minimum absolute atomic E-state index is 0.0231. The van der Waals surface area contributed by atoms with Gasteiger partial charge in [0, 0.05) is 5.41 Å². The Morgan fingerprint density at radius 2 is 1.94 bits per heavy atom. The number of benzene rings is 1. The topological polar surface area (TPSA) is 9.23 Å². The van der Waals surface area contributed by atoms with Crippen molar-refractivity contribution in [2.45, 2.75) is 46.0 Å². The van der Waals surface area contributed by atoms with Crippen LogP contribution in [0.2, 0.25) is 0 Å². The maximum absolute atomic E-state index is 13.6. The Bertz CT molecular complexity index is 413. The highest BCUT2D eigenvalue weighted by molar-refractivity contribution is 5.34. The van der Waals surface area contributed by atoms with Gasteiger partial charge in [-0.3, -0.25) is 0 Å². The molecule has 0 bridgehead atoms. The molecule has 1 nitrogen and oxygen atoms in total. The van der Waals surface area contributed by atoms with E-state index < -0.39 is 0 Å². The lowest BCUT2D eigenvalue weighted by Crippen LogP contribution is -2.13. The molecule has 0 unspecified atom stereocenters. The van der Waals surface area contributed by atoms with E-state index in [1.165, 1.54) is 18.9 Å². The molecule has 0 atom stereocenters. The van der Waals surface area contributed by atoms with E-state index in [2.05, 4.69) is 27.7 Å². The van der Waals surface area contributed by atoms with Crippen LogP contribution in [-0.4, -0.2) is 6.61 Å². The number of hydrogen-bond acceptors (Lipinski definition) is 1. The summed E-state index contributed by atoms with van der Waals surface area (Å²) in [5.41, 5.74) is 1.41. The van der Waals surface area contributed by atoms with Crippen LogP contribution in [0.3, 0.4) is 0 Å². The SMILES string of the molecule is CC1(COc2cc(C(C)(C)C)ccc2F)CC1. The number of ether oxygens (including phenoxy) is 1. The van der Waals surface area contributed by atoms with Gasteiger partial charge in [0.1, 0.15) is 0 Å². The third-order valence-electron chi connectivity index (χ3n) is 3.48. The van der Waals surface area contributed by atoms with E-state index in [0.717, 1.165) is 5.56 Å². The Morgan fingerprint density at radius 1 is 1.29 bits per heavy atom. The molecule has 0 N–H and O–H groups in total. The fraction of sp³-hybridized carbons (Fsp3) is 0.600. The molecule has 2 heteroatoms. The molecular formula is C15H21FO. The van der Waals surface area contributed by atoms with E-state index in [-0.39, 0.29) is 16.6 Å². The molecule has 0 heterocycles. The van der Waals surface area contributed by atoms with Crippen molar-refractivity contribution in [3.05, 3.63) is 29.6 Å². The van der Waals surface area contributed by atoms with Crippen LogP contribution in [0.5, 0.6) is 5.75 Å². The second kappa shape index (κ2) is 4.01. The Hall–Kier alpha value is -1.05. The van der Waals surface area contributed by atoms with Gasteiger partial charge in [-0.05, 0) is 36.0 Å². The zero-order chi connectivity index (χ0) is 12.7. The number of hydrogen-bond donors (Lipinski definition) is 0. The largest absolute Gasteiger partial charge is 0.490 e. The summed E-state index contributed by atoms with van der Waals surface area (Å²) in [4.78, 5) is 0. The van der Waals surface area contributed by atoms with Crippen LogP contribution in [0, 0.1) is 11.2 Å². The van der Waals surface area contributed by atoms with Crippen LogP contribution in [0.15, 0.2) is 18.2 Å². The first-order valence-electron chi connectivity index (χ1n) is 6.23. The molecule has 1 aromatic rings. The van der Waals surface area contributed by atoms with Crippen molar-refractivity contribution in [1.82, 2.24) is 0 Å². The second-order valence-electron chi connectivity index (χ2n) is 6.49. The summed E-state index contributed by atoms with van der Waals surface area (Å²) in [5.74, 6) is 0.132. The van der Waals surface area contributed by atoms with E-state index in [4.69, 9.17) is 4.74 Å². The van der Waals surface area contributed by atoms with Gasteiger partial charge >= 0.3 is 0 Å². The van der Waals surface area contributed by atoms with Gasteiger partial charge in [-0.25, -0.2) is 4.39 Å². The third kappa shape index (κ3) is 2.99. The molecule has 1 aliphatic rings. The molecule has 1 saturated carbocycles. The lowest BCUT2D eigenvalue weighted by molar-refractivity contribution is 0.237. The predicted octanol–water partition coefficient (Wildman–Crippen LogP) is 4.30. The maximum Gasteiger partial charge on any atom is 0.165 e. The summed E-state index contributed by atoms with van der Waals surface area (Å²) in [6.45, 7) is 9.15. The molecule has 17 heavy (non-hydrogen) atoms. The Morgan fingerprint density at radius 3 is 2.47 bits per heavy atom. The van der Waals surface area contributed by atoms with E-state index >= 15 is 0 Å². The summed E-state index contributed by atoms with van der Waals surface area (Å²) in [6, 6.07) is 5.17. The van der Waals surface area contributed by atoms with Crippen LogP contribution >= 0.6 is 0 Å². The zero-order valence-electron chi connectivity index (χ0n) is 11.1. The van der Waals surface area contributed by atoms with E-state index in [0.29, 0.717) is 12.4 Å².